The molecule has 0 aromatic heterocycles. The summed E-state index contributed by atoms with van der Waals surface area (Å²) in [6.07, 6.45) is 1.46. The van der Waals surface area contributed by atoms with Crippen LogP contribution in [0.4, 0.5) is 0 Å². The van der Waals surface area contributed by atoms with E-state index in [1.807, 2.05) is 0 Å². The van der Waals surface area contributed by atoms with Crippen LogP contribution in [-0.2, 0) is 24.0 Å². The van der Waals surface area contributed by atoms with E-state index in [1.165, 1.54) is 11.8 Å². The molecule has 0 aliphatic heterocycles. The predicted octanol–water partition coefficient (Wildman–Crippen LogP) is -3.87. The number of thioether (sulfide) groups is 1. The zero-order valence-corrected chi connectivity index (χ0v) is 19.5. The standard InChI is InChI=1S/C18H33N7O8S/c1-34-6-4-10(23-14(29)9(19)7-13(27)28)15(30)25-12(8-26)16(31)24-11(17(32)33)3-2-5-22-18(20)21/h9-12,26H,2-8,19H2,1H3,(H,23,29)(H,24,31)(H,25,30)(H,27,28)(H,32,33)(H4,20,21,22). The normalized spacial score (nSPS) is 14.1. The van der Waals surface area contributed by atoms with E-state index in [2.05, 4.69) is 20.9 Å². The number of aliphatic carboxylic acids is 2. The summed E-state index contributed by atoms with van der Waals surface area (Å²) in [5, 5.41) is 34.4. The Labute approximate surface area is 200 Å². The average molecular weight is 508 g/mol. The summed E-state index contributed by atoms with van der Waals surface area (Å²) in [5.41, 5.74) is 15.9. The Morgan fingerprint density at radius 2 is 1.47 bits per heavy atom. The van der Waals surface area contributed by atoms with Crippen LogP contribution in [0, 0.1) is 0 Å². The Hall–Kier alpha value is -3.11. The maximum Gasteiger partial charge on any atom is 0.326 e. The highest BCUT2D eigenvalue weighted by molar-refractivity contribution is 7.98. The van der Waals surface area contributed by atoms with Crippen molar-refractivity contribution < 1.29 is 39.3 Å². The Morgan fingerprint density at radius 1 is 0.912 bits per heavy atom. The van der Waals surface area contributed by atoms with Crippen molar-refractivity contribution in [1.82, 2.24) is 16.0 Å². The van der Waals surface area contributed by atoms with Crippen LogP contribution in [0.2, 0.25) is 0 Å². The summed E-state index contributed by atoms with van der Waals surface area (Å²) < 4.78 is 0. The molecule has 12 N–H and O–H groups in total. The third-order valence-corrected chi connectivity index (χ3v) is 4.99. The zero-order valence-electron chi connectivity index (χ0n) is 18.7. The molecule has 4 unspecified atom stereocenters. The summed E-state index contributed by atoms with van der Waals surface area (Å²) >= 11 is 1.37. The molecule has 34 heavy (non-hydrogen) atoms. The number of carbonyl (C=O) groups is 5. The number of carbonyl (C=O) groups excluding carboxylic acids is 3. The topological polar surface area (TPSA) is 273 Å². The number of nitrogens with two attached hydrogens (primary N) is 3. The molecule has 0 aromatic rings. The Morgan fingerprint density at radius 3 is 1.97 bits per heavy atom. The zero-order chi connectivity index (χ0) is 26.3. The van der Waals surface area contributed by atoms with Crippen LogP contribution >= 0.6 is 11.8 Å². The number of carboxylic acids is 2. The summed E-state index contributed by atoms with van der Waals surface area (Å²) in [7, 11) is 0. The monoisotopic (exact) mass is 507 g/mol. The number of guanidine groups is 1. The molecule has 0 saturated heterocycles. The summed E-state index contributed by atoms with van der Waals surface area (Å²) in [4.78, 5) is 63.1. The number of carboxylic acid groups (broad SMARTS) is 2. The highest BCUT2D eigenvalue weighted by Crippen LogP contribution is 2.04. The van der Waals surface area contributed by atoms with Gasteiger partial charge in [-0.25, -0.2) is 4.79 Å². The van der Waals surface area contributed by atoms with Gasteiger partial charge in [-0.15, -0.1) is 0 Å². The van der Waals surface area contributed by atoms with E-state index in [9.17, 15) is 34.2 Å². The third-order valence-electron chi connectivity index (χ3n) is 4.35. The maximum absolute atomic E-state index is 12.7. The number of rotatable bonds is 17. The molecule has 0 saturated carbocycles. The average Bonchev–Trinajstić information content (AvgIpc) is 2.75. The van der Waals surface area contributed by atoms with Gasteiger partial charge in [-0.1, -0.05) is 0 Å². The van der Waals surface area contributed by atoms with Crippen LogP contribution in [0.15, 0.2) is 4.99 Å². The highest BCUT2D eigenvalue weighted by atomic mass is 32.2. The van der Waals surface area contributed by atoms with Crippen LogP contribution in [0.1, 0.15) is 25.7 Å². The van der Waals surface area contributed by atoms with E-state index in [0.29, 0.717) is 5.75 Å². The molecule has 0 fully saturated rings. The number of aliphatic imine (C=N–C) groups is 1. The fraction of sp³-hybridized carbons (Fsp3) is 0.667. The van der Waals surface area contributed by atoms with Gasteiger partial charge in [0.15, 0.2) is 5.96 Å². The minimum Gasteiger partial charge on any atom is -0.481 e. The second-order valence-electron chi connectivity index (χ2n) is 7.14. The minimum absolute atomic E-state index is 0.0161. The van der Waals surface area contributed by atoms with Crippen molar-refractivity contribution >= 4 is 47.4 Å². The fourth-order valence-electron chi connectivity index (χ4n) is 2.56. The van der Waals surface area contributed by atoms with Gasteiger partial charge in [-0.05, 0) is 31.3 Å². The predicted molar refractivity (Wildman–Crippen MR) is 124 cm³/mol. The van der Waals surface area contributed by atoms with Crippen LogP contribution in [0.25, 0.3) is 0 Å². The first-order valence-electron chi connectivity index (χ1n) is 10.2. The first-order chi connectivity index (χ1) is 15.9. The second-order valence-corrected chi connectivity index (χ2v) is 8.12. The molecule has 15 nitrogen and oxygen atoms in total. The van der Waals surface area contributed by atoms with Crippen molar-refractivity contribution in [3.05, 3.63) is 0 Å². The molecule has 0 heterocycles. The van der Waals surface area contributed by atoms with Gasteiger partial charge in [-0.2, -0.15) is 11.8 Å². The Balaban J connectivity index is 5.16. The van der Waals surface area contributed by atoms with E-state index in [4.69, 9.17) is 22.3 Å². The Kier molecular flexibility index (Phi) is 15.0. The highest BCUT2D eigenvalue weighted by Gasteiger charge is 2.30. The first kappa shape index (κ1) is 30.9. The number of nitrogens with zero attached hydrogens (tertiary/aromatic N) is 1. The van der Waals surface area contributed by atoms with Gasteiger partial charge in [0.1, 0.15) is 18.1 Å². The van der Waals surface area contributed by atoms with Gasteiger partial charge in [0.25, 0.3) is 0 Å². The molecule has 4 atom stereocenters. The first-order valence-corrected chi connectivity index (χ1v) is 11.6. The molecule has 16 heteroatoms. The van der Waals surface area contributed by atoms with Crippen LogP contribution in [-0.4, -0.2) is 100 Å². The lowest BCUT2D eigenvalue weighted by Crippen LogP contribution is -2.58. The van der Waals surface area contributed by atoms with E-state index in [0.717, 1.165) is 0 Å². The molecule has 0 aliphatic carbocycles. The van der Waals surface area contributed by atoms with Gasteiger partial charge in [0.05, 0.1) is 19.1 Å². The SMILES string of the molecule is CSCCC(NC(=O)C(N)CC(=O)O)C(=O)NC(CO)C(=O)NC(CCCN=C(N)N)C(=O)O. The van der Waals surface area contributed by atoms with Crippen molar-refractivity contribution in [2.24, 2.45) is 22.2 Å². The van der Waals surface area contributed by atoms with Gasteiger partial charge in [0, 0.05) is 6.54 Å². The lowest BCUT2D eigenvalue weighted by Gasteiger charge is -2.24. The lowest BCUT2D eigenvalue weighted by molar-refractivity contribution is -0.142. The molecular weight excluding hydrogens is 474 g/mol. The van der Waals surface area contributed by atoms with Crippen molar-refractivity contribution in [3.8, 4) is 0 Å². The molecule has 0 bridgehead atoms. The fourth-order valence-corrected chi connectivity index (χ4v) is 3.04. The number of hydrogen-bond donors (Lipinski definition) is 9. The van der Waals surface area contributed by atoms with Gasteiger partial charge < -0.3 is 48.5 Å². The lowest BCUT2D eigenvalue weighted by atomic mass is 10.1. The van der Waals surface area contributed by atoms with Crippen molar-refractivity contribution in [2.45, 2.75) is 49.9 Å². The number of amides is 3. The van der Waals surface area contributed by atoms with Crippen LogP contribution in [0.5, 0.6) is 0 Å². The summed E-state index contributed by atoms with van der Waals surface area (Å²) in [5.74, 6) is -5.03. The molecule has 0 spiro atoms. The van der Waals surface area contributed by atoms with Crippen molar-refractivity contribution in [3.63, 3.8) is 0 Å². The molecule has 194 valence electrons. The number of aliphatic hydroxyl groups is 1. The third kappa shape index (κ3) is 12.8. The maximum atomic E-state index is 12.7. The van der Waals surface area contributed by atoms with E-state index in [1.54, 1.807) is 6.26 Å². The minimum atomic E-state index is -1.51. The number of aliphatic hydroxyl groups excluding tert-OH is 1. The van der Waals surface area contributed by atoms with Crippen molar-refractivity contribution in [2.75, 3.05) is 25.2 Å². The van der Waals surface area contributed by atoms with Crippen molar-refractivity contribution in [1.29, 1.82) is 0 Å². The largest absolute Gasteiger partial charge is 0.481 e. The second kappa shape index (κ2) is 16.5. The molecule has 0 aromatic carbocycles. The molecular formula is C18H33N7O8S. The molecule has 3 amide bonds. The van der Waals surface area contributed by atoms with Crippen LogP contribution in [0.3, 0.4) is 0 Å². The molecule has 0 aliphatic rings. The van der Waals surface area contributed by atoms with E-state index >= 15 is 0 Å². The van der Waals surface area contributed by atoms with Crippen LogP contribution < -0.4 is 33.2 Å². The number of nitrogens with one attached hydrogen (secondary N) is 3. The van der Waals surface area contributed by atoms with Gasteiger partial charge >= 0.3 is 11.9 Å². The van der Waals surface area contributed by atoms with E-state index < -0.39 is 66.9 Å². The van der Waals surface area contributed by atoms with E-state index in [-0.39, 0.29) is 31.8 Å². The van der Waals surface area contributed by atoms with Gasteiger partial charge in [-0.3, -0.25) is 24.2 Å². The Bertz CT molecular complexity index is 748. The smallest absolute Gasteiger partial charge is 0.326 e. The molecule has 0 radical (unpaired) electrons. The number of hydrogen-bond acceptors (Lipinski definition) is 9. The molecule has 0 rings (SSSR count). The quantitative estimate of drug-likeness (QED) is 0.0519. The summed E-state index contributed by atoms with van der Waals surface area (Å²) in [6.45, 7) is -0.706. The summed E-state index contributed by atoms with van der Waals surface area (Å²) in [6, 6.07) is -5.40. The van der Waals surface area contributed by atoms with Gasteiger partial charge in [0.2, 0.25) is 17.7 Å².